The van der Waals surface area contributed by atoms with Crippen LogP contribution in [0.3, 0.4) is 0 Å². The van der Waals surface area contributed by atoms with Gasteiger partial charge < -0.3 is 16.1 Å². The molecule has 9 nitrogen and oxygen atoms in total. The Hall–Kier alpha value is -3.59. The van der Waals surface area contributed by atoms with Crippen molar-refractivity contribution in [2.24, 2.45) is 16.6 Å². The zero-order chi connectivity index (χ0) is 22.9. The number of nitrogens with two attached hydrogens (primary N) is 1. The average molecular weight is 452 g/mol. The lowest BCUT2D eigenvalue weighted by Crippen LogP contribution is -2.55. The number of hydrogen-bond donors (Lipinski definition) is 2. The first-order valence-corrected chi connectivity index (χ1v) is 10.8. The molecule has 4 N–H and O–H groups in total. The summed E-state index contributed by atoms with van der Waals surface area (Å²) in [5, 5.41) is 1.91. The second-order valence-corrected chi connectivity index (χ2v) is 8.67. The van der Waals surface area contributed by atoms with Crippen LogP contribution in [0.2, 0.25) is 0 Å². The highest BCUT2D eigenvalue weighted by molar-refractivity contribution is 6.07. The van der Waals surface area contributed by atoms with Crippen LogP contribution in [-0.2, 0) is 15.1 Å². The highest BCUT2D eigenvalue weighted by atomic mass is 16.3. The number of nitroso groups, excluding NO2 is 1. The van der Waals surface area contributed by atoms with E-state index in [2.05, 4.69) is 4.99 Å². The van der Waals surface area contributed by atoms with E-state index in [1.165, 1.54) is 0 Å². The number of nitrogens with one attached hydrogen (secondary N) is 1. The Morgan fingerprint density at radius 3 is 2.42 bits per heavy atom. The van der Waals surface area contributed by atoms with Crippen LogP contribution in [0.25, 0.3) is 11.1 Å². The van der Waals surface area contributed by atoms with Crippen LogP contribution in [0.1, 0.15) is 32.3 Å². The fourth-order valence-corrected chi connectivity index (χ4v) is 4.52. The molecule has 174 valence electrons. The molecule has 0 radical (unpaired) electrons. The van der Waals surface area contributed by atoms with Gasteiger partial charge in [0.1, 0.15) is 0 Å². The van der Waals surface area contributed by atoms with Gasteiger partial charge in [0.05, 0.1) is 0 Å². The van der Waals surface area contributed by atoms with Crippen molar-refractivity contribution in [3.05, 3.63) is 59.0 Å². The van der Waals surface area contributed by atoms with Crippen molar-refractivity contribution >= 4 is 23.5 Å². The molecular formula is C24H29N5O4. The second kappa shape index (κ2) is 9.50. The lowest BCUT2D eigenvalue weighted by molar-refractivity contribution is -0.379. The minimum Gasteiger partial charge on any atom is -0.870 e. The van der Waals surface area contributed by atoms with Crippen LogP contribution < -0.4 is 10.9 Å². The smallest absolute Gasteiger partial charge is 0.261 e. The lowest BCUT2D eigenvalue weighted by atomic mass is 9.89. The molecule has 0 bridgehead atoms. The van der Waals surface area contributed by atoms with Gasteiger partial charge in [-0.25, -0.2) is 4.99 Å². The molecule has 4 rings (SSSR count). The SMILES string of the molecule is CC(=O)N1CCC(CN2C(=O)C(C)(c3cccc(-c4cccc([NH+]=O)c4)c3)N=C2N)CC1.[OH-]. The number of carbonyl (C=O) groups excluding carboxylic acids is 2. The number of nitrogens with zero attached hydrogens (tertiary/aromatic N) is 3. The Balaban J connectivity index is 0.00000306. The van der Waals surface area contributed by atoms with Gasteiger partial charge in [0, 0.05) is 48.8 Å². The molecule has 2 heterocycles. The summed E-state index contributed by atoms with van der Waals surface area (Å²) in [7, 11) is 0. The maximum Gasteiger partial charge on any atom is 0.261 e. The summed E-state index contributed by atoms with van der Waals surface area (Å²) in [5.41, 5.74) is 8.08. The van der Waals surface area contributed by atoms with E-state index in [0.29, 0.717) is 25.3 Å². The number of piperidine rings is 1. The summed E-state index contributed by atoms with van der Waals surface area (Å²) in [5.74, 6) is 0.454. The van der Waals surface area contributed by atoms with Crippen LogP contribution in [0.15, 0.2) is 53.5 Å². The molecule has 1 unspecified atom stereocenters. The molecule has 2 amide bonds. The van der Waals surface area contributed by atoms with E-state index in [1.54, 1.807) is 36.9 Å². The fraction of sp³-hybridized carbons (Fsp3) is 0.375. The summed E-state index contributed by atoms with van der Waals surface area (Å²) < 4.78 is 0. The van der Waals surface area contributed by atoms with Crippen molar-refractivity contribution < 1.29 is 20.2 Å². The molecule has 1 fully saturated rings. The summed E-state index contributed by atoms with van der Waals surface area (Å²) in [6, 6.07) is 14.8. The van der Waals surface area contributed by atoms with Crippen LogP contribution in [0.5, 0.6) is 0 Å². The first-order valence-electron chi connectivity index (χ1n) is 10.8. The number of guanidine groups is 1. The van der Waals surface area contributed by atoms with E-state index >= 15 is 0 Å². The van der Waals surface area contributed by atoms with E-state index in [1.807, 2.05) is 40.4 Å². The van der Waals surface area contributed by atoms with E-state index in [9.17, 15) is 14.5 Å². The third kappa shape index (κ3) is 4.63. The number of amides is 2. The van der Waals surface area contributed by atoms with Gasteiger partial charge in [0.2, 0.25) is 5.91 Å². The Bertz CT molecular complexity index is 1090. The molecule has 2 aliphatic rings. The van der Waals surface area contributed by atoms with Gasteiger partial charge in [-0.1, -0.05) is 30.3 Å². The Morgan fingerprint density at radius 1 is 1.15 bits per heavy atom. The van der Waals surface area contributed by atoms with E-state index < -0.39 is 5.54 Å². The van der Waals surface area contributed by atoms with Gasteiger partial charge in [-0.3, -0.25) is 14.5 Å². The van der Waals surface area contributed by atoms with E-state index in [-0.39, 0.29) is 29.2 Å². The molecular weight excluding hydrogens is 422 g/mol. The van der Waals surface area contributed by atoms with Crippen LogP contribution in [-0.4, -0.2) is 52.7 Å². The summed E-state index contributed by atoms with van der Waals surface area (Å²) in [4.78, 5) is 44.0. The Kier molecular flexibility index (Phi) is 6.92. The lowest BCUT2D eigenvalue weighted by Gasteiger charge is -2.33. The molecule has 1 saturated heterocycles. The predicted molar refractivity (Wildman–Crippen MR) is 123 cm³/mol. The van der Waals surface area contributed by atoms with Gasteiger partial charge in [0.25, 0.3) is 11.6 Å². The second-order valence-electron chi connectivity index (χ2n) is 8.67. The van der Waals surface area contributed by atoms with Crippen molar-refractivity contribution in [3.8, 4) is 11.1 Å². The van der Waals surface area contributed by atoms with Gasteiger partial charge in [0.15, 0.2) is 11.5 Å². The monoisotopic (exact) mass is 451 g/mol. The maximum absolute atomic E-state index is 13.4. The maximum atomic E-state index is 13.4. The van der Waals surface area contributed by atoms with Crippen molar-refractivity contribution in [1.82, 2.24) is 9.80 Å². The van der Waals surface area contributed by atoms with Crippen molar-refractivity contribution in [1.29, 1.82) is 0 Å². The topological polar surface area (TPSA) is 140 Å². The zero-order valence-corrected chi connectivity index (χ0v) is 18.8. The van der Waals surface area contributed by atoms with Crippen molar-refractivity contribution in [2.75, 3.05) is 19.6 Å². The van der Waals surface area contributed by atoms with Gasteiger partial charge >= 0.3 is 0 Å². The standard InChI is InChI=1S/C24H27N5O3.H2O/c1-16(30)28-11-9-17(10-12-28)15-29-22(31)24(2,26-23(29)25)20-7-3-5-18(13-20)19-6-4-8-21(14-19)27-32;/h3-8,13-14,17H,9-12,15H2,1-2H3,(H2,25,26);1H2. The molecule has 9 heteroatoms. The summed E-state index contributed by atoms with van der Waals surface area (Å²) >= 11 is 0. The summed E-state index contributed by atoms with van der Waals surface area (Å²) in [6.45, 7) is 5.29. The molecule has 0 saturated carbocycles. The molecule has 0 aromatic heterocycles. The number of aliphatic imine (C=N–C) groups is 1. The molecule has 2 aromatic carbocycles. The third-order valence-corrected chi connectivity index (χ3v) is 6.52. The average Bonchev–Trinajstić information content (AvgIpc) is 3.03. The van der Waals surface area contributed by atoms with Gasteiger partial charge in [-0.15, -0.1) is 0 Å². The number of rotatable bonds is 5. The quantitative estimate of drug-likeness (QED) is 0.705. The fourth-order valence-electron chi connectivity index (χ4n) is 4.52. The molecule has 2 aliphatic heterocycles. The largest absolute Gasteiger partial charge is 0.870 e. The Morgan fingerprint density at radius 2 is 1.79 bits per heavy atom. The highest BCUT2D eigenvalue weighted by Crippen LogP contribution is 2.35. The van der Waals surface area contributed by atoms with Crippen LogP contribution in [0.4, 0.5) is 5.69 Å². The number of carbonyl (C=O) groups is 2. The number of hydrogen-bond acceptors (Lipinski definition) is 6. The van der Waals surface area contributed by atoms with Gasteiger partial charge in [-0.05, 0) is 48.4 Å². The van der Waals surface area contributed by atoms with E-state index in [4.69, 9.17) is 5.73 Å². The Labute approximate surface area is 192 Å². The van der Waals surface area contributed by atoms with Crippen molar-refractivity contribution in [2.45, 2.75) is 32.2 Å². The van der Waals surface area contributed by atoms with Gasteiger partial charge in [-0.2, -0.15) is 0 Å². The third-order valence-electron chi connectivity index (χ3n) is 6.52. The summed E-state index contributed by atoms with van der Waals surface area (Å²) in [6.07, 6.45) is 1.68. The normalized spacial score (nSPS) is 20.9. The van der Waals surface area contributed by atoms with E-state index in [0.717, 1.165) is 29.5 Å². The molecule has 1 atom stereocenters. The number of benzene rings is 2. The molecule has 0 aliphatic carbocycles. The minimum atomic E-state index is -1.10. The molecule has 2 aromatic rings. The highest BCUT2D eigenvalue weighted by Gasteiger charge is 2.46. The van der Waals surface area contributed by atoms with Crippen LogP contribution >= 0.6 is 0 Å². The first-order chi connectivity index (χ1) is 15.3. The number of likely N-dealkylation sites (tertiary alicyclic amines) is 1. The zero-order valence-electron chi connectivity index (χ0n) is 18.8. The van der Waals surface area contributed by atoms with Crippen LogP contribution in [0, 0.1) is 10.8 Å². The first kappa shape index (κ1) is 24.1. The minimum absolute atomic E-state index is 0. The molecule has 0 spiro atoms. The predicted octanol–water partition coefficient (Wildman–Crippen LogP) is 1.29. The molecule has 33 heavy (non-hydrogen) atoms. The van der Waals surface area contributed by atoms with Crippen molar-refractivity contribution in [3.63, 3.8) is 0 Å².